The molecule has 3 aliphatic heterocycles. The largest absolute Gasteiger partial charge is 0.465 e. The predicted octanol–water partition coefficient (Wildman–Crippen LogP) is 4.70. The number of hydrogen-bond donors (Lipinski definition) is 1. The summed E-state index contributed by atoms with van der Waals surface area (Å²) in [4.78, 5) is 46.0. The second-order valence-electron chi connectivity index (χ2n) is 12.3. The number of hydrogen-bond acceptors (Lipinski definition) is 6. The quantitative estimate of drug-likeness (QED) is 0.217. The highest BCUT2D eigenvalue weighted by atomic mass is 35.5. The minimum Gasteiger partial charge on any atom is -0.465 e. The van der Waals surface area contributed by atoms with Crippen molar-refractivity contribution in [3.63, 3.8) is 0 Å². The SMILES string of the molecule is C=CCCOC(=O)[C@@H]1[C@H]2C(=O)N([C@@H](CO)CC(C)C)C(C(=O)N(CC=C)c3c(C)cccc3Cl)C23CC(C)[C@@]1(C)O3. The van der Waals surface area contributed by atoms with Crippen LogP contribution in [0.4, 0.5) is 5.69 Å². The smallest absolute Gasteiger partial charge is 0.312 e. The molecule has 1 N–H and O–H groups in total. The first-order chi connectivity index (χ1) is 19.4. The van der Waals surface area contributed by atoms with E-state index in [1.54, 1.807) is 23.1 Å². The molecular weight excluding hydrogens is 544 g/mol. The molecule has 3 saturated heterocycles. The zero-order valence-electron chi connectivity index (χ0n) is 24.8. The highest BCUT2D eigenvalue weighted by Crippen LogP contribution is 2.66. The van der Waals surface area contributed by atoms with Crippen molar-refractivity contribution < 1.29 is 29.0 Å². The number of ether oxygens (including phenoxy) is 2. The predicted molar refractivity (Wildman–Crippen MR) is 158 cm³/mol. The van der Waals surface area contributed by atoms with Gasteiger partial charge in [-0.1, -0.05) is 56.7 Å². The summed E-state index contributed by atoms with van der Waals surface area (Å²) >= 11 is 6.64. The fourth-order valence-corrected chi connectivity index (χ4v) is 7.72. The molecule has 3 fully saturated rings. The van der Waals surface area contributed by atoms with Gasteiger partial charge in [0.05, 0.1) is 41.5 Å². The number of anilines is 1. The average molecular weight is 587 g/mol. The van der Waals surface area contributed by atoms with Crippen molar-refractivity contribution in [2.24, 2.45) is 23.7 Å². The van der Waals surface area contributed by atoms with Crippen LogP contribution in [0.5, 0.6) is 0 Å². The number of aliphatic hydroxyl groups is 1. The van der Waals surface area contributed by atoms with E-state index in [4.69, 9.17) is 21.1 Å². The Hall–Kier alpha value is -2.68. The Morgan fingerprint density at radius 2 is 2.02 bits per heavy atom. The van der Waals surface area contributed by atoms with E-state index in [0.717, 1.165) is 5.56 Å². The highest BCUT2D eigenvalue weighted by molar-refractivity contribution is 6.34. The van der Waals surface area contributed by atoms with Crippen molar-refractivity contribution in [3.8, 4) is 0 Å². The van der Waals surface area contributed by atoms with Gasteiger partial charge in [0.2, 0.25) is 5.91 Å². The number of aryl methyl sites for hydroxylation is 1. The number of carbonyl (C=O) groups is 3. The van der Waals surface area contributed by atoms with Crippen LogP contribution in [0.1, 0.15) is 52.5 Å². The Balaban J connectivity index is 1.89. The van der Waals surface area contributed by atoms with E-state index in [-0.39, 0.29) is 43.4 Å². The Morgan fingerprint density at radius 1 is 1.32 bits per heavy atom. The molecule has 41 heavy (non-hydrogen) atoms. The lowest BCUT2D eigenvalue weighted by atomic mass is 9.62. The Morgan fingerprint density at radius 3 is 2.61 bits per heavy atom. The molecule has 0 radical (unpaired) electrons. The molecule has 3 unspecified atom stereocenters. The number of para-hydroxylation sites is 1. The molecule has 8 nitrogen and oxygen atoms in total. The van der Waals surface area contributed by atoms with Gasteiger partial charge in [-0.3, -0.25) is 14.4 Å². The van der Waals surface area contributed by atoms with Gasteiger partial charge in [0.25, 0.3) is 5.91 Å². The molecule has 1 aromatic rings. The average Bonchev–Trinajstić information content (AvgIpc) is 3.42. The summed E-state index contributed by atoms with van der Waals surface area (Å²) in [6.07, 6.45) is 4.65. The van der Waals surface area contributed by atoms with Crippen molar-refractivity contribution in [1.82, 2.24) is 4.90 Å². The van der Waals surface area contributed by atoms with Gasteiger partial charge in [0.15, 0.2) is 0 Å². The minimum atomic E-state index is -1.27. The van der Waals surface area contributed by atoms with Crippen LogP contribution in [-0.4, -0.2) is 70.8 Å². The minimum absolute atomic E-state index is 0.133. The van der Waals surface area contributed by atoms with E-state index in [2.05, 4.69) is 13.2 Å². The first-order valence-electron chi connectivity index (χ1n) is 14.5. The lowest BCUT2D eigenvalue weighted by molar-refractivity contribution is -0.162. The van der Waals surface area contributed by atoms with Crippen LogP contribution in [0.25, 0.3) is 0 Å². The van der Waals surface area contributed by atoms with Crippen molar-refractivity contribution in [2.75, 3.05) is 24.7 Å². The molecule has 2 bridgehead atoms. The third kappa shape index (κ3) is 5.02. The fourth-order valence-electron chi connectivity index (χ4n) is 7.39. The first-order valence-corrected chi connectivity index (χ1v) is 14.8. The molecule has 0 aliphatic carbocycles. The van der Waals surface area contributed by atoms with Crippen molar-refractivity contribution in [2.45, 2.75) is 77.2 Å². The highest BCUT2D eigenvalue weighted by Gasteiger charge is 2.80. The second-order valence-corrected chi connectivity index (χ2v) is 12.7. The molecule has 4 rings (SSSR count). The number of nitrogens with zero attached hydrogens (tertiary/aromatic N) is 2. The maximum atomic E-state index is 14.9. The summed E-state index contributed by atoms with van der Waals surface area (Å²) in [6.45, 7) is 17.2. The number of benzene rings is 1. The fraction of sp³-hybridized carbons (Fsp3) is 0.594. The Labute approximate surface area is 248 Å². The lowest BCUT2D eigenvalue weighted by Gasteiger charge is -2.40. The molecule has 2 amide bonds. The van der Waals surface area contributed by atoms with E-state index in [9.17, 15) is 19.5 Å². The molecule has 1 aromatic carbocycles. The van der Waals surface area contributed by atoms with Crippen LogP contribution in [-0.2, 0) is 23.9 Å². The third-order valence-electron chi connectivity index (χ3n) is 9.19. The van der Waals surface area contributed by atoms with Gasteiger partial charge >= 0.3 is 5.97 Å². The first kappa shape index (κ1) is 31.3. The van der Waals surface area contributed by atoms with Crippen molar-refractivity contribution >= 4 is 35.1 Å². The number of amides is 2. The molecule has 7 atom stereocenters. The van der Waals surface area contributed by atoms with Crippen LogP contribution in [0, 0.1) is 30.6 Å². The van der Waals surface area contributed by atoms with Crippen molar-refractivity contribution in [1.29, 1.82) is 0 Å². The van der Waals surface area contributed by atoms with Gasteiger partial charge in [-0.2, -0.15) is 0 Å². The number of rotatable bonds is 12. The third-order valence-corrected chi connectivity index (χ3v) is 9.50. The zero-order valence-corrected chi connectivity index (χ0v) is 25.5. The van der Waals surface area contributed by atoms with E-state index in [0.29, 0.717) is 30.0 Å². The number of halogens is 1. The van der Waals surface area contributed by atoms with E-state index >= 15 is 0 Å². The molecule has 9 heteroatoms. The van der Waals surface area contributed by atoms with Gasteiger partial charge in [0.1, 0.15) is 17.6 Å². The van der Waals surface area contributed by atoms with E-state index < -0.39 is 41.1 Å². The molecule has 3 heterocycles. The van der Waals surface area contributed by atoms with Crippen LogP contribution < -0.4 is 4.90 Å². The topological polar surface area (TPSA) is 96.4 Å². The second kappa shape index (κ2) is 11.9. The van der Waals surface area contributed by atoms with Gasteiger partial charge in [-0.15, -0.1) is 13.2 Å². The normalized spacial score (nSPS) is 30.8. The summed E-state index contributed by atoms with van der Waals surface area (Å²) < 4.78 is 12.4. The summed E-state index contributed by atoms with van der Waals surface area (Å²) in [5.41, 5.74) is -0.947. The lowest BCUT2D eigenvalue weighted by Crippen LogP contribution is -2.59. The number of esters is 1. The standard InChI is InChI=1S/C32H43ClN2O6/c1-8-10-15-40-30(39)25-24-28(37)35(22(18-36)16-19(3)4)27(32(24)17-21(6)31(25,7)41-32)29(38)34(14-9-2)26-20(5)12-11-13-23(26)33/h8-9,11-13,19,21-22,24-25,27,36H,1-2,10,14-18H2,3-7H3/t21?,22-,24+,25+,27?,31-,32?/m1/s1. The molecule has 0 saturated carbocycles. The van der Waals surface area contributed by atoms with Crippen LogP contribution in [0.3, 0.4) is 0 Å². The maximum absolute atomic E-state index is 14.9. The molecule has 1 spiro atoms. The van der Waals surface area contributed by atoms with Crippen LogP contribution in [0.15, 0.2) is 43.5 Å². The number of likely N-dealkylation sites (tertiary alicyclic amines) is 1. The number of carbonyl (C=O) groups excluding carboxylic acids is 3. The Bertz CT molecular complexity index is 1200. The summed E-state index contributed by atoms with van der Waals surface area (Å²) in [6, 6.07) is 3.68. The van der Waals surface area contributed by atoms with Gasteiger partial charge in [-0.25, -0.2) is 0 Å². The van der Waals surface area contributed by atoms with E-state index in [1.807, 2.05) is 46.8 Å². The summed E-state index contributed by atoms with van der Waals surface area (Å²) in [7, 11) is 0. The molecule has 3 aliphatic rings. The summed E-state index contributed by atoms with van der Waals surface area (Å²) in [5.74, 6) is -3.06. The molecule has 224 valence electrons. The van der Waals surface area contributed by atoms with Gasteiger partial charge < -0.3 is 24.4 Å². The monoisotopic (exact) mass is 586 g/mol. The van der Waals surface area contributed by atoms with Crippen molar-refractivity contribution in [3.05, 3.63) is 54.1 Å². The molecular formula is C32H43ClN2O6. The number of aliphatic hydroxyl groups excluding tert-OH is 1. The Kier molecular flexibility index (Phi) is 9.07. The summed E-state index contributed by atoms with van der Waals surface area (Å²) in [5, 5.41) is 10.9. The van der Waals surface area contributed by atoms with E-state index in [1.165, 1.54) is 4.90 Å². The number of fused-ring (bicyclic) bond motifs is 1. The van der Waals surface area contributed by atoms with Gasteiger partial charge in [0, 0.05) is 6.54 Å². The van der Waals surface area contributed by atoms with Crippen LogP contribution >= 0.6 is 11.6 Å². The molecule has 0 aromatic heterocycles. The van der Waals surface area contributed by atoms with Crippen LogP contribution in [0.2, 0.25) is 5.02 Å². The zero-order chi connectivity index (χ0) is 30.3. The maximum Gasteiger partial charge on any atom is 0.312 e. The van der Waals surface area contributed by atoms with Gasteiger partial charge in [-0.05, 0) is 56.6 Å².